The summed E-state index contributed by atoms with van der Waals surface area (Å²) < 4.78 is 2.71. The van der Waals surface area contributed by atoms with Crippen molar-refractivity contribution in [3.63, 3.8) is 0 Å². The second-order valence-electron chi connectivity index (χ2n) is 3.80. The fourth-order valence-electron chi connectivity index (χ4n) is 0.991. The number of hydrogen-bond acceptors (Lipinski definition) is 1. The van der Waals surface area contributed by atoms with Crippen LogP contribution in [0.1, 0.15) is 0 Å². The van der Waals surface area contributed by atoms with E-state index in [9.17, 15) is 0 Å². The van der Waals surface area contributed by atoms with E-state index in [1.807, 2.05) is 0 Å². The first kappa shape index (κ1) is 7.50. The van der Waals surface area contributed by atoms with E-state index in [0.717, 1.165) is 0 Å². The van der Waals surface area contributed by atoms with Crippen LogP contribution in [0, 0.1) is 0 Å². The predicted octanol–water partition coefficient (Wildman–Crippen LogP) is 1.07. The van der Waals surface area contributed by atoms with Gasteiger partial charge in [-0.3, -0.25) is 0 Å². The number of hydrogen-bond donors (Lipinski definition) is 0. The van der Waals surface area contributed by atoms with E-state index in [1.54, 1.807) is 0 Å². The van der Waals surface area contributed by atoms with Gasteiger partial charge in [0.25, 0.3) is 0 Å². The monoisotopic (exact) mass is 159 g/mol. The number of nitrogens with zero attached hydrogens (tertiary/aromatic N) is 1. The molecule has 54 valence electrons. The van der Waals surface area contributed by atoms with Crippen LogP contribution in [0.2, 0.25) is 26.2 Å². The van der Waals surface area contributed by atoms with Gasteiger partial charge in [-0.2, -0.15) is 0 Å². The molecule has 1 fully saturated rings. The highest BCUT2D eigenvalue weighted by Gasteiger charge is 2.39. The summed E-state index contributed by atoms with van der Waals surface area (Å²) in [4.78, 5) is 0. The average Bonchev–Trinajstić information content (AvgIpc) is 2.42. The molecule has 1 aliphatic rings. The van der Waals surface area contributed by atoms with Crippen LogP contribution in [0.5, 0.6) is 0 Å². The molecule has 1 nitrogen and oxygen atoms in total. The molecule has 0 aliphatic carbocycles. The number of rotatable bonds is 2. The lowest BCUT2D eigenvalue weighted by atomic mass is 11.0. The lowest BCUT2D eigenvalue weighted by Crippen LogP contribution is -2.49. The first-order valence-electron chi connectivity index (χ1n) is 3.80. The van der Waals surface area contributed by atoms with Gasteiger partial charge in [-0.15, -0.1) is 0 Å². The van der Waals surface area contributed by atoms with Crippen LogP contribution in [-0.4, -0.2) is 33.7 Å². The Hall–Kier alpha value is 0.394. The van der Waals surface area contributed by atoms with Crippen molar-refractivity contribution in [1.82, 2.24) is 4.57 Å². The Kier molecular flexibility index (Phi) is 1.85. The van der Waals surface area contributed by atoms with E-state index in [2.05, 4.69) is 30.8 Å². The zero-order chi connectivity index (χ0) is 7.07. The normalized spacial score (nSPS) is 21.0. The SMILES string of the molecule is C[SiH](C)[Si](C)(C)N1CC1. The summed E-state index contributed by atoms with van der Waals surface area (Å²) in [5, 5.41) is 0. The van der Waals surface area contributed by atoms with E-state index in [4.69, 9.17) is 0 Å². The fraction of sp³-hybridized carbons (Fsp3) is 1.00. The van der Waals surface area contributed by atoms with E-state index in [1.165, 1.54) is 13.1 Å². The van der Waals surface area contributed by atoms with Crippen molar-refractivity contribution in [1.29, 1.82) is 0 Å². The van der Waals surface area contributed by atoms with Gasteiger partial charge in [0.1, 0.15) is 7.75 Å². The highest BCUT2D eigenvalue weighted by molar-refractivity contribution is 7.30. The minimum Gasteiger partial charge on any atom is -0.324 e. The summed E-state index contributed by atoms with van der Waals surface area (Å²) in [6.45, 7) is 12.8. The zero-order valence-corrected chi connectivity index (χ0v) is 9.09. The molecule has 0 radical (unpaired) electrons. The summed E-state index contributed by atoms with van der Waals surface area (Å²) in [6.07, 6.45) is 0. The first-order chi connectivity index (χ1) is 4.05. The molecule has 0 aromatic rings. The van der Waals surface area contributed by atoms with Gasteiger partial charge >= 0.3 is 0 Å². The van der Waals surface area contributed by atoms with Gasteiger partial charge in [-0.05, 0) is 0 Å². The first-order valence-corrected chi connectivity index (χ1v) is 10.9. The van der Waals surface area contributed by atoms with Crippen LogP contribution < -0.4 is 0 Å². The molecule has 0 aromatic heterocycles. The summed E-state index contributed by atoms with van der Waals surface area (Å²) in [6, 6.07) is 0. The third-order valence-corrected chi connectivity index (χ3v) is 17.2. The van der Waals surface area contributed by atoms with Gasteiger partial charge in [-0.1, -0.05) is 26.2 Å². The van der Waals surface area contributed by atoms with Crippen molar-refractivity contribution in [2.24, 2.45) is 0 Å². The van der Waals surface area contributed by atoms with Crippen LogP contribution in [-0.2, 0) is 0 Å². The van der Waals surface area contributed by atoms with Crippen molar-refractivity contribution in [3.8, 4) is 0 Å². The third kappa shape index (κ3) is 1.45. The average molecular weight is 159 g/mol. The van der Waals surface area contributed by atoms with Gasteiger partial charge in [0.05, 0.1) is 0 Å². The van der Waals surface area contributed by atoms with Crippen LogP contribution in [0.3, 0.4) is 0 Å². The Morgan fingerprint density at radius 2 is 1.67 bits per heavy atom. The Labute approximate surface area is 60.5 Å². The summed E-state index contributed by atoms with van der Waals surface area (Å²) in [7, 11) is -1.08. The van der Waals surface area contributed by atoms with Crippen molar-refractivity contribution < 1.29 is 0 Å². The lowest BCUT2D eigenvalue weighted by Gasteiger charge is -2.26. The van der Waals surface area contributed by atoms with E-state index in [0.29, 0.717) is 0 Å². The molecule has 0 atom stereocenters. The smallest absolute Gasteiger partial charge is 0.108 e. The molecular weight excluding hydrogens is 142 g/mol. The molecule has 0 amide bonds. The minimum absolute atomic E-state index is 0.310. The maximum absolute atomic E-state index is 2.71. The van der Waals surface area contributed by atoms with E-state index in [-0.39, 0.29) is 8.31 Å². The molecule has 0 aromatic carbocycles. The highest BCUT2D eigenvalue weighted by atomic mass is 29.2. The summed E-state index contributed by atoms with van der Waals surface area (Å²) in [5.74, 6) is 0. The molecular formula is C6H17NSi2. The molecule has 3 heteroatoms. The minimum atomic E-state index is -0.775. The van der Waals surface area contributed by atoms with Crippen LogP contribution in [0.15, 0.2) is 0 Å². The lowest BCUT2D eigenvalue weighted by molar-refractivity contribution is 0.864. The van der Waals surface area contributed by atoms with Gasteiger partial charge < -0.3 is 4.57 Å². The summed E-state index contributed by atoms with van der Waals surface area (Å²) in [5.41, 5.74) is 0. The molecule has 1 aliphatic heterocycles. The molecule has 1 saturated heterocycles. The van der Waals surface area contributed by atoms with Crippen LogP contribution in [0.25, 0.3) is 0 Å². The van der Waals surface area contributed by atoms with Gasteiger partial charge in [-0.25, -0.2) is 0 Å². The molecule has 0 bridgehead atoms. The molecule has 1 heterocycles. The maximum atomic E-state index is 2.71. The van der Waals surface area contributed by atoms with E-state index < -0.39 is 7.75 Å². The van der Waals surface area contributed by atoms with Crippen molar-refractivity contribution in [3.05, 3.63) is 0 Å². The Balaban J connectivity index is 2.48. The van der Waals surface area contributed by atoms with Crippen LogP contribution in [0.4, 0.5) is 0 Å². The van der Waals surface area contributed by atoms with Gasteiger partial charge in [0.15, 0.2) is 0 Å². The molecule has 1 rings (SSSR count). The molecule has 0 N–H and O–H groups in total. The second-order valence-corrected chi connectivity index (χ2v) is 17.7. The molecule has 0 saturated carbocycles. The molecule has 0 unspecified atom stereocenters. The molecule has 9 heavy (non-hydrogen) atoms. The standard InChI is InChI=1S/C6H17NSi2/c1-8(2)9(3,4)7-5-6-7/h8H,5-6H2,1-4H3. The van der Waals surface area contributed by atoms with Crippen molar-refractivity contribution >= 4 is 16.1 Å². The highest BCUT2D eigenvalue weighted by Crippen LogP contribution is 2.20. The van der Waals surface area contributed by atoms with Gasteiger partial charge in [0, 0.05) is 21.4 Å². The fourth-order valence-corrected chi connectivity index (χ4v) is 5.94. The Morgan fingerprint density at radius 1 is 1.22 bits per heavy atom. The van der Waals surface area contributed by atoms with Gasteiger partial charge in [0.2, 0.25) is 0 Å². The van der Waals surface area contributed by atoms with Crippen molar-refractivity contribution in [2.45, 2.75) is 26.2 Å². The van der Waals surface area contributed by atoms with Crippen LogP contribution >= 0.6 is 0 Å². The Morgan fingerprint density at radius 3 is 1.78 bits per heavy atom. The second kappa shape index (κ2) is 2.21. The quantitative estimate of drug-likeness (QED) is 0.430. The molecule has 0 spiro atoms. The third-order valence-electron chi connectivity index (χ3n) is 2.68. The Bertz CT molecular complexity index is 104. The van der Waals surface area contributed by atoms with Crippen molar-refractivity contribution in [2.75, 3.05) is 13.1 Å². The zero-order valence-electron chi connectivity index (χ0n) is 6.94. The topological polar surface area (TPSA) is 3.01 Å². The largest absolute Gasteiger partial charge is 0.324 e. The summed E-state index contributed by atoms with van der Waals surface area (Å²) >= 11 is 0. The maximum Gasteiger partial charge on any atom is 0.108 e. The van der Waals surface area contributed by atoms with E-state index >= 15 is 0 Å². The predicted molar refractivity (Wildman–Crippen MR) is 47.9 cm³/mol.